The average Bonchev–Trinajstić information content (AvgIpc) is 2.63. The first-order valence-electron chi connectivity index (χ1n) is 8.27. The van der Waals surface area contributed by atoms with Crippen LogP contribution in [-0.4, -0.2) is 23.8 Å². The van der Waals surface area contributed by atoms with Crippen molar-refractivity contribution >= 4 is 5.97 Å². The highest BCUT2D eigenvalue weighted by Crippen LogP contribution is 2.43. The Morgan fingerprint density at radius 1 is 1.12 bits per heavy atom. The fourth-order valence-corrected chi connectivity index (χ4v) is 3.21. The van der Waals surface area contributed by atoms with E-state index in [1.54, 1.807) is 6.92 Å². The van der Waals surface area contributed by atoms with Crippen LogP contribution in [0, 0.1) is 0 Å². The second-order valence-electron chi connectivity index (χ2n) is 6.08. The number of carbonyl (C=O) groups is 1. The van der Waals surface area contributed by atoms with Gasteiger partial charge in [0, 0.05) is 12.8 Å². The molecule has 24 heavy (non-hydrogen) atoms. The van der Waals surface area contributed by atoms with Crippen LogP contribution in [0.2, 0.25) is 0 Å². The molecule has 1 saturated heterocycles. The minimum Gasteiger partial charge on any atom is -0.464 e. The van der Waals surface area contributed by atoms with Gasteiger partial charge in [-0.1, -0.05) is 60.7 Å². The van der Waals surface area contributed by atoms with Crippen LogP contribution in [0.25, 0.3) is 0 Å². The number of ether oxygens (including phenoxy) is 2. The molecule has 0 aliphatic carbocycles. The lowest BCUT2D eigenvalue weighted by Gasteiger charge is -2.40. The predicted molar refractivity (Wildman–Crippen MR) is 90.3 cm³/mol. The smallest absolute Gasteiger partial charge is 0.335 e. The summed E-state index contributed by atoms with van der Waals surface area (Å²) < 4.78 is 11.1. The molecular formula is C20H22O4. The van der Waals surface area contributed by atoms with Crippen LogP contribution in [-0.2, 0) is 19.9 Å². The van der Waals surface area contributed by atoms with Crippen LogP contribution in [0.1, 0.15) is 37.0 Å². The SMILES string of the molecule is CCOC(=O)[C@@H]1C[C@](O)(c2ccccc2)C[C@H](c2ccccc2)O1. The first-order valence-corrected chi connectivity index (χ1v) is 8.27. The molecule has 1 aliphatic heterocycles. The summed E-state index contributed by atoms with van der Waals surface area (Å²) >= 11 is 0. The number of hydrogen-bond donors (Lipinski definition) is 1. The molecule has 3 rings (SSSR count). The molecule has 0 saturated carbocycles. The second-order valence-corrected chi connectivity index (χ2v) is 6.08. The highest BCUT2D eigenvalue weighted by atomic mass is 16.6. The summed E-state index contributed by atoms with van der Waals surface area (Å²) in [6.07, 6.45) is -0.551. The van der Waals surface area contributed by atoms with E-state index in [1.165, 1.54) is 0 Å². The van der Waals surface area contributed by atoms with Gasteiger partial charge in [-0.15, -0.1) is 0 Å². The van der Waals surface area contributed by atoms with E-state index >= 15 is 0 Å². The van der Waals surface area contributed by atoms with Crippen LogP contribution >= 0.6 is 0 Å². The van der Waals surface area contributed by atoms with Gasteiger partial charge >= 0.3 is 5.97 Å². The molecule has 3 atom stereocenters. The lowest BCUT2D eigenvalue weighted by Crippen LogP contribution is -2.44. The number of esters is 1. The van der Waals surface area contributed by atoms with Crippen LogP contribution in [0.15, 0.2) is 60.7 Å². The number of rotatable bonds is 4. The Balaban J connectivity index is 1.93. The van der Waals surface area contributed by atoms with E-state index in [-0.39, 0.29) is 12.5 Å². The molecule has 2 aromatic carbocycles. The van der Waals surface area contributed by atoms with Gasteiger partial charge in [-0.05, 0) is 18.1 Å². The molecule has 126 valence electrons. The van der Waals surface area contributed by atoms with Crippen molar-refractivity contribution in [3.8, 4) is 0 Å². The van der Waals surface area contributed by atoms with E-state index in [4.69, 9.17) is 9.47 Å². The van der Waals surface area contributed by atoms with E-state index in [0.717, 1.165) is 11.1 Å². The van der Waals surface area contributed by atoms with Crippen LogP contribution in [0.5, 0.6) is 0 Å². The van der Waals surface area contributed by atoms with Crippen molar-refractivity contribution in [2.75, 3.05) is 6.61 Å². The Bertz CT molecular complexity index is 671. The lowest BCUT2D eigenvalue weighted by atomic mass is 9.79. The number of aliphatic hydroxyl groups is 1. The van der Waals surface area contributed by atoms with Gasteiger partial charge in [-0.2, -0.15) is 0 Å². The van der Waals surface area contributed by atoms with Crippen molar-refractivity contribution in [1.29, 1.82) is 0 Å². The van der Waals surface area contributed by atoms with Gasteiger partial charge in [0.25, 0.3) is 0 Å². The Morgan fingerprint density at radius 3 is 2.38 bits per heavy atom. The Morgan fingerprint density at radius 2 is 1.75 bits per heavy atom. The van der Waals surface area contributed by atoms with Gasteiger partial charge in [0.15, 0.2) is 6.10 Å². The van der Waals surface area contributed by atoms with Crippen LogP contribution in [0.3, 0.4) is 0 Å². The third kappa shape index (κ3) is 3.50. The fourth-order valence-electron chi connectivity index (χ4n) is 3.21. The summed E-state index contributed by atoms with van der Waals surface area (Å²) in [5, 5.41) is 11.3. The highest BCUT2D eigenvalue weighted by Gasteiger charge is 2.44. The van der Waals surface area contributed by atoms with Crippen molar-refractivity contribution in [1.82, 2.24) is 0 Å². The molecular weight excluding hydrogens is 304 g/mol. The topological polar surface area (TPSA) is 55.8 Å². The molecule has 4 heteroatoms. The zero-order valence-corrected chi connectivity index (χ0v) is 13.7. The van der Waals surface area contributed by atoms with Gasteiger partial charge in [0.2, 0.25) is 0 Å². The van der Waals surface area contributed by atoms with Crippen LogP contribution < -0.4 is 0 Å². The molecule has 0 spiro atoms. The molecule has 0 amide bonds. The van der Waals surface area contributed by atoms with E-state index in [0.29, 0.717) is 13.0 Å². The summed E-state index contributed by atoms with van der Waals surface area (Å²) in [5.41, 5.74) is 0.613. The maximum absolute atomic E-state index is 12.2. The molecule has 2 aromatic rings. The molecule has 1 fully saturated rings. The highest BCUT2D eigenvalue weighted by molar-refractivity contribution is 5.75. The molecule has 1 heterocycles. The first-order chi connectivity index (χ1) is 11.6. The van der Waals surface area contributed by atoms with E-state index < -0.39 is 17.7 Å². The third-order valence-corrected chi connectivity index (χ3v) is 4.41. The van der Waals surface area contributed by atoms with Crippen molar-refractivity contribution < 1.29 is 19.4 Å². The van der Waals surface area contributed by atoms with Crippen molar-refractivity contribution in [2.45, 2.75) is 37.6 Å². The second kappa shape index (κ2) is 7.16. The quantitative estimate of drug-likeness (QED) is 0.875. The zero-order chi connectivity index (χ0) is 17.0. The number of carbonyl (C=O) groups excluding carboxylic acids is 1. The minimum atomic E-state index is -1.13. The molecule has 1 N–H and O–H groups in total. The van der Waals surface area contributed by atoms with Gasteiger partial charge in [0.05, 0.1) is 18.3 Å². The summed E-state index contributed by atoms with van der Waals surface area (Å²) in [6, 6.07) is 19.1. The number of benzene rings is 2. The summed E-state index contributed by atoms with van der Waals surface area (Å²) in [7, 11) is 0. The van der Waals surface area contributed by atoms with Crippen molar-refractivity contribution in [3.63, 3.8) is 0 Å². The Hall–Kier alpha value is -2.17. The fraction of sp³-hybridized carbons (Fsp3) is 0.350. The van der Waals surface area contributed by atoms with E-state index in [1.807, 2.05) is 60.7 Å². The van der Waals surface area contributed by atoms with E-state index in [2.05, 4.69) is 0 Å². The van der Waals surface area contributed by atoms with Crippen LogP contribution in [0.4, 0.5) is 0 Å². The summed E-state index contributed by atoms with van der Waals surface area (Å²) in [6.45, 7) is 2.05. The molecule has 0 unspecified atom stereocenters. The lowest BCUT2D eigenvalue weighted by molar-refractivity contribution is -0.187. The Kier molecular flexibility index (Phi) is 4.97. The summed E-state index contributed by atoms with van der Waals surface area (Å²) in [4.78, 5) is 12.2. The molecule has 0 aromatic heterocycles. The first kappa shape index (κ1) is 16.7. The monoisotopic (exact) mass is 326 g/mol. The third-order valence-electron chi connectivity index (χ3n) is 4.41. The molecule has 0 bridgehead atoms. The molecule has 0 radical (unpaired) electrons. The normalized spacial score (nSPS) is 26.8. The largest absolute Gasteiger partial charge is 0.464 e. The summed E-state index contributed by atoms with van der Waals surface area (Å²) in [5.74, 6) is -0.424. The van der Waals surface area contributed by atoms with Gasteiger partial charge < -0.3 is 14.6 Å². The van der Waals surface area contributed by atoms with Gasteiger partial charge in [0.1, 0.15) is 0 Å². The van der Waals surface area contributed by atoms with Gasteiger partial charge in [-0.3, -0.25) is 0 Å². The van der Waals surface area contributed by atoms with E-state index in [9.17, 15) is 9.90 Å². The van der Waals surface area contributed by atoms with Gasteiger partial charge in [-0.25, -0.2) is 4.79 Å². The zero-order valence-electron chi connectivity index (χ0n) is 13.7. The van der Waals surface area contributed by atoms with Crippen molar-refractivity contribution in [2.24, 2.45) is 0 Å². The standard InChI is InChI=1S/C20H22O4/c1-2-23-19(21)18-14-20(22,16-11-7-4-8-12-16)13-17(24-18)15-9-5-3-6-10-15/h3-12,17-18,22H,2,13-14H2,1H3/t17-,18+,20+/m1/s1. The minimum absolute atomic E-state index is 0.194. The van der Waals surface area contributed by atoms with Crippen molar-refractivity contribution in [3.05, 3.63) is 71.8 Å². The molecule has 1 aliphatic rings. The maximum atomic E-state index is 12.2. The Labute approximate surface area is 142 Å². The average molecular weight is 326 g/mol. The molecule has 4 nitrogen and oxygen atoms in total. The predicted octanol–water partition coefficient (Wildman–Crippen LogP) is 3.36. The maximum Gasteiger partial charge on any atom is 0.335 e. The number of hydrogen-bond acceptors (Lipinski definition) is 4.